The highest BCUT2D eigenvalue weighted by Gasteiger charge is 2.16. The zero-order valence-corrected chi connectivity index (χ0v) is 9.42. The minimum atomic E-state index is -3.49. The predicted molar refractivity (Wildman–Crippen MR) is 55.8 cm³/mol. The first-order valence-corrected chi connectivity index (χ1v) is 6.28. The lowest BCUT2D eigenvalue weighted by Crippen LogP contribution is -2.23. The van der Waals surface area contributed by atoms with E-state index in [-0.39, 0.29) is 15.2 Å². The van der Waals surface area contributed by atoms with Gasteiger partial charge in [0.05, 0.1) is 6.20 Å². The molecule has 7 heteroatoms. The van der Waals surface area contributed by atoms with Crippen LogP contribution in [0.25, 0.3) is 0 Å². The van der Waals surface area contributed by atoms with Crippen LogP contribution in [-0.4, -0.2) is 19.9 Å². The lowest BCUT2D eigenvalue weighted by molar-refractivity contribution is 0.584. The van der Waals surface area contributed by atoms with Crippen molar-refractivity contribution in [3.8, 4) is 12.3 Å². The molecule has 0 bridgehead atoms. The second kappa shape index (κ2) is 4.75. The molecular formula is C7H7ClN2O2S2. The zero-order valence-electron chi connectivity index (χ0n) is 7.03. The Labute approximate surface area is 91.4 Å². The van der Waals surface area contributed by atoms with Crippen molar-refractivity contribution in [3.05, 3.63) is 10.7 Å². The smallest absolute Gasteiger partial charge is 0.232 e. The third-order valence-electron chi connectivity index (χ3n) is 1.28. The van der Waals surface area contributed by atoms with Crippen LogP contribution in [-0.2, 0) is 10.0 Å². The molecule has 0 spiro atoms. The Kier molecular flexibility index (Phi) is 3.89. The number of halogens is 1. The fraction of sp³-hybridized carbons (Fsp3) is 0.286. The molecule has 76 valence electrons. The van der Waals surface area contributed by atoms with E-state index in [0.29, 0.717) is 6.42 Å². The molecule has 0 saturated heterocycles. The highest BCUT2D eigenvalue weighted by Crippen LogP contribution is 2.21. The molecule has 0 aliphatic carbocycles. The average Bonchev–Trinajstić information content (AvgIpc) is 2.53. The van der Waals surface area contributed by atoms with E-state index in [2.05, 4.69) is 15.6 Å². The number of hydrogen-bond donors (Lipinski definition) is 1. The SMILES string of the molecule is C#CCCNS(=O)(=O)c1cnc(Cl)s1. The van der Waals surface area contributed by atoms with E-state index in [1.165, 1.54) is 6.20 Å². The van der Waals surface area contributed by atoms with Gasteiger partial charge >= 0.3 is 0 Å². The number of hydrogen-bond acceptors (Lipinski definition) is 4. The van der Waals surface area contributed by atoms with Crippen LogP contribution in [0.2, 0.25) is 4.47 Å². The minimum absolute atomic E-state index is 0.0968. The summed E-state index contributed by atoms with van der Waals surface area (Å²) in [6, 6.07) is 0. The molecule has 1 aromatic rings. The monoisotopic (exact) mass is 250 g/mol. The Morgan fingerprint density at radius 3 is 2.93 bits per heavy atom. The first-order chi connectivity index (χ1) is 6.56. The molecule has 0 aliphatic rings. The molecule has 1 heterocycles. The number of nitrogens with zero attached hydrogens (tertiary/aromatic N) is 1. The molecule has 1 aromatic heterocycles. The predicted octanol–water partition coefficient (Wildman–Crippen LogP) is 1.10. The maximum absolute atomic E-state index is 11.5. The largest absolute Gasteiger partial charge is 0.251 e. The maximum Gasteiger partial charge on any atom is 0.251 e. The maximum atomic E-state index is 11.5. The highest BCUT2D eigenvalue weighted by atomic mass is 35.5. The average molecular weight is 251 g/mol. The van der Waals surface area contributed by atoms with Gasteiger partial charge in [-0.1, -0.05) is 22.9 Å². The Hall–Kier alpha value is -0.610. The molecule has 0 unspecified atom stereocenters. The van der Waals surface area contributed by atoms with Crippen LogP contribution in [0.15, 0.2) is 10.4 Å². The van der Waals surface area contributed by atoms with Gasteiger partial charge in [0.2, 0.25) is 0 Å². The lowest BCUT2D eigenvalue weighted by Gasteiger charge is -2.00. The number of terminal acetylenes is 1. The first-order valence-electron chi connectivity index (χ1n) is 3.61. The van der Waals surface area contributed by atoms with Crippen molar-refractivity contribution in [1.82, 2.24) is 9.71 Å². The molecule has 0 aliphatic heterocycles. The van der Waals surface area contributed by atoms with Gasteiger partial charge in [-0.2, -0.15) is 0 Å². The summed E-state index contributed by atoms with van der Waals surface area (Å²) in [5, 5.41) is 0. The summed E-state index contributed by atoms with van der Waals surface area (Å²) in [4.78, 5) is 3.64. The van der Waals surface area contributed by atoms with E-state index in [9.17, 15) is 8.42 Å². The Morgan fingerprint density at radius 1 is 1.71 bits per heavy atom. The van der Waals surface area contributed by atoms with Gasteiger partial charge in [-0.3, -0.25) is 0 Å². The topological polar surface area (TPSA) is 59.1 Å². The summed E-state index contributed by atoms with van der Waals surface area (Å²) in [6.45, 7) is 0.217. The van der Waals surface area contributed by atoms with Crippen molar-refractivity contribution in [1.29, 1.82) is 0 Å². The van der Waals surface area contributed by atoms with E-state index in [1.807, 2.05) is 0 Å². The van der Waals surface area contributed by atoms with Gasteiger partial charge in [0.25, 0.3) is 10.0 Å². The van der Waals surface area contributed by atoms with Gasteiger partial charge in [0.15, 0.2) is 8.68 Å². The first kappa shape index (κ1) is 11.5. The zero-order chi connectivity index (χ0) is 10.6. The standard InChI is InChI=1S/C7H7ClN2O2S2/c1-2-3-4-10-14(11,12)6-5-9-7(8)13-6/h1,5,10H,3-4H2. The molecule has 14 heavy (non-hydrogen) atoms. The van der Waals surface area contributed by atoms with E-state index >= 15 is 0 Å². The summed E-state index contributed by atoms with van der Waals surface area (Å²) in [5.74, 6) is 2.33. The van der Waals surface area contributed by atoms with Crippen LogP contribution in [0.5, 0.6) is 0 Å². The number of thiazole rings is 1. The highest BCUT2D eigenvalue weighted by molar-refractivity contribution is 7.91. The van der Waals surface area contributed by atoms with Crippen LogP contribution < -0.4 is 4.72 Å². The van der Waals surface area contributed by atoms with Gasteiger partial charge in [-0.25, -0.2) is 18.1 Å². The van der Waals surface area contributed by atoms with Gasteiger partial charge < -0.3 is 0 Å². The Bertz CT molecular complexity index is 447. The molecule has 0 atom stereocenters. The van der Waals surface area contributed by atoms with Crippen molar-refractivity contribution < 1.29 is 8.42 Å². The number of aromatic nitrogens is 1. The molecule has 1 rings (SSSR count). The van der Waals surface area contributed by atoms with E-state index in [4.69, 9.17) is 18.0 Å². The number of nitrogens with one attached hydrogen (secondary N) is 1. The fourth-order valence-electron chi connectivity index (χ4n) is 0.692. The van der Waals surface area contributed by atoms with Crippen molar-refractivity contribution >= 4 is 33.0 Å². The third-order valence-corrected chi connectivity index (χ3v) is 4.32. The van der Waals surface area contributed by atoms with Crippen molar-refractivity contribution in [2.75, 3.05) is 6.54 Å². The van der Waals surface area contributed by atoms with Crippen molar-refractivity contribution in [2.24, 2.45) is 0 Å². The molecule has 1 N–H and O–H groups in total. The molecule has 0 saturated carbocycles. The number of sulfonamides is 1. The van der Waals surface area contributed by atoms with Gasteiger partial charge in [0, 0.05) is 13.0 Å². The van der Waals surface area contributed by atoms with Gasteiger partial charge in [-0.15, -0.1) is 12.3 Å². The summed E-state index contributed by atoms with van der Waals surface area (Å²) in [7, 11) is -3.49. The van der Waals surface area contributed by atoms with E-state index < -0.39 is 10.0 Å². The summed E-state index contributed by atoms with van der Waals surface area (Å²) in [5.41, 5.74) is 0. The lowest BCUT2D eigenvalue weighted by atomic mass is 10.5. The fourth-order valence-corrected chi connectivity index (χ4v) is 3.06. The van der Waals surface area contributed by atoms with Crippen LogP contribution in [0.4, 0.5) is 0 Å². The van der Waals surface area contributed by atoms with Crippen molar-refractivity contribution in [2.45, 2.75) is 10.6 Å². The van der Waals surface area contributed by atoms with Crippen LogP contribution >= 0.6 is 22.9 Å². The normalized spacial score (nSPS) is 11.1. The van der Waals surface area contributed by atoms with Gasteiger partial charge in [-0.05, 0) is 0 Å². The molecular weight excluding hydrogens is 244 g/mol. The molecule has 0 fully saturated rings. The minimum Gasteiger partial charge on any atom is -0.232 e. The van der Waals surface area contributed by atoms with Crippen LogP contribution in [0.3, 0.4) is 0 Å². The Balaban J connectivity index is 2.72. The molecule has 0 radical (unpaired) electrons. The molecule has 4 nitrogen and oxygen atoms in total. The van der Waals surface area contributed by atoms with E-state index in [0.717, 1.165) is 11.3 Å². The molecule has 0 amide bonds. The third kappa shape index (κ3) is 2.96. The Morgan fingerprint density at radius 2 is 2.43 bits per heavy atom. The summed E-state index contributed by atoms with van der Waals surface area (Å²) in [6.07, 6.45) is 6.55. The summed E-state index contributed by atoms with van der Waals surface area (Å²) < 4.78 is 25.5. The van der Waals surface area contributed by atoms with E-state index in [1.54, 1.807) is 0 Å². The molecule has 0 aromatic carbocycles. The second-order valence-corrected chi connectivity index (χ2v) is 5.89. The van der Waals surface area contributed by atoms with Crippen LogP contribution in [0, 0.1) is 12.3 Å². The number of rotatable bonds is 4. The van der Waals surface area contributed by atoms with Gasteiger partial charge in [0.1, 0.15) is 0 Å². The summed E-state index contributed by atoms with van der Waals surface area (Å²) >= 11 is 6.42. The van der Waals surface area contributed by atoms with Crippen molar-refractivity contribution in [3.63, 3.8) is 0 Å². The quantitative estimate of drug-likeness (QED) is 0.643. The van der Waals surface area contributed by atoms with Crippen LogP contribution in [0.1, 0.15) is 6.42 Å². The second-order valence-electron chi connectivity index (χ2n) is 2.28.